The molecule has 5 nitrogen and oxygen atoms in total. The number of rotatable bonds is 2. The maximum Gasteiger partial charge on any atom is 0.354 e. The number of aliphatic hydroxyl groups excluding tert-OH is 1. The highest BCUT2D eigenvalue weighted by atomic mass is 16.4. The standard InChI is InChI=1S/C5H8N2O3/c8-4(5(9)10)7-2-1-6-3-7/h3-4,8H,1-2H2,(H,9,10). The molecule has 0 fully saturated rings. The van der Waals surface area contributed by atoms with Gasteiger partial charge in [-0.1, -0.05) is 0 Å². The number of carbonyl (C=O) groups is 1. The van der Waals surface area contributed by atoms with Crippen molar-refractivity contribution in [2.24, 2.45) is 4.99 Å². The minimum atomic E-state index is -1.44. The van der Waals surface area contributed by atoms with Crippen molar-refractivity contribution in [2.75, 3.05) is 13.1 Å². The van der Waals surface area contributed by atoms with Crippen LogP contribution in [-0.4, -0.2) is 46.7 Å². The minimum absolute atomic E-state index is 0.480. The molecule has 0 saturated heterocycles. The van der Waals surface area contributed by atoms with E-state index in [0.29, 0.717) is 13.1 Å². The summed E-state index contributed by atoms with van der Waals surface area (Å²) < 4.78 is 0. The average molecular weight is 144 g/mol. The predicted octanol–water partition coefficient (Wildman–Crippen LogP) is -1.27. The Morgan fingerprint density at radius 1 is 1.80 bits per heavy atom. The van der Waals surface area contributed by atoms with E-state index in [4.69, 9.17) is 10.2 Å². The highest BCUT2D eigenvalue weighted by Crippen LogP contribution is 1.98. The van der Waals surface area contributed by atoms with Gasteiger partial charge in [-0.2, -0.15) is 0 Å². The van der Waals surface area contributed by atoms with Crippen LogP contribution in [0.3, 0.4) is 0 Å². The molecule has 1 atom stereocenters. The van der Waals surface area contributed by atoms with Gasteiger partial charge in [-0.05, 0) is 0 Å². The van der Waals surface area contributed by atoms with Crippen LogP contribution in [0.5, 0.6) is 0 Å². The van der Waals surface area contributed by atoms with E-state index in [-0.39, 0.29) is 0 Å². The average Bonchev–Trinajstić information content (AvgIpc) is 2.36. The lowest BCUT2D eigenvalue weighted by molar-refractivity contribution is -0.153. The molecule has 0 aromatic heterocycles. The van der Waals surface area contributed by atoms with Crippen LogP contribution in [0.4, 0.5) is 0 Å². The van der Waals surface area contributed by atoms with Crippen molar-refractivity contribution < 1.29 is 15.0 Å². The van der Waals surface area contributed by atoms with Crippen molar-refractivity contribution in [3.63, 3.8) is 0 Å². The molecule has 10 heavy (non-hydrogen) atoms. The number of hydrogen-bond donors (Lipinski definition) is 2. The van der Waals surface area contributed by atoms with Gasteiger partial charge in [0.15, 0.2) is 0 Å². The number of aliphatic carboxylic acids is 1. The molecule has 0 saturated carbocycles. The van der Waals surface area contributed by atoms with Crippen LogP contribution in [0.15, 0.2) is 4.99 Å². The van der Waals surface area contributed by atoms with Gasteiger partial charge in [0.1, 0.15) is 0 Å². The first-order valence-electron chi connectivity index (χ1n) is 2.88. The molecule has 0 radical (unpaired) electrons. The second kappa shape index (κ2) is 2.66. The zero-order valence-corrected chi connectivity index (χ0v) is 5.27. The first kappa shape index (κ1) is 7.01. The summed E-state index contributed by atoms with van der Waals surface area (Å²) in [4.78, 5) is 15.1. The summed E-state index contributed by atoms with van der Waals surface area (Å²) in [5.74, 6) is -1.24. The number of hydrogen-bond acceptors (Lipinski definition) is 4. The molecule has 1 heterocycles. The van der Waals surface area contributed by atoms with E-state index in [2.05, 4.69) is 4.99 Å². The van der Waals surface area contributed by atoms with Gasteiger partial charge in [-0.15, -0.1) is 0 Å². The molecule has 2 N–H and O–H groups in total. The van der Waals surface area contributed by atoms with Crippen molar-refractivity contribution in [1.82, 2.24) is 4.90 Å². The zero-order chi connectivity index (χ0) is 7.56. The summed E-state index contributed by atoms with van der Waals surface area (Å²) in [6.45, 7) is 1.04. The largest absolute Gasteiger partial charge is 0.478 e. The molecule has 1 rings (SSSR count). The van der Waals surface area contributed by atoms with Crippen LogP contribution < -0.4 is 0 Å². The number of aliphatic hydroxyl groups is 1. The van der Waals surface area contributed by atoms with E-state index in [9.17, 15) is 4.79 Å². The highest BCUT2D eigenvalue weighted by molar-refractivity contribution is 5.75. The van der Waals surface area contributed by atoms with Gasteiger partial charge in [0.2, 0.25) is 6.23 Å². The van der Waals surface area contributed by atoms with E-state index >= 15 is 0 Å². The maximum absolute atomic E-state index is 10.1. The molecule has 56 valence electrons. The van der Waals surface area contributed by atoms with Crippen molar-refractivity contribution in [3.8, 4) is 0 Å². The quantitative estimate of drug-likeness (QED) is 0.507. The monoisotopic (exact) mass is 144 g/mol. The second-order valence-electron chi connectivity index (χ2n) is 1.97. The van der Waals surface area contributed by atoms with Crippen molar-refractivity contribution >= 4 is 12.3 Å². The van der Waals surface area contributed by atoms with Gasteiger partial charge in [-0.25, -0.2) is 4.79 Å². The second-order valence-corrected chi connectivity index (χ2v) is 1.97. The van der Waals surface area contributed by atoms with Gasteiger partial charge >= 0.3 is 5.97 Å². The van der Waals surface area contributed by atoms with Gasteiger partial charge in [0.05, 0.1) is 12.9 Å². The third-order valence-corrected chi connectivity index (χ3v) is 1.25. The first-order chi connectivity index (χ1) is 4.72. The van der Waals surface area contributed by atoms with Crippen molar-refractivity contribution in [1.29, 1.82) is 0 Å². The predicted molar refractivity (Wildman–Crippen MR) is 33.7 cm³/mol. The van der Waals surface area contributed by atoms with Gasteiger partial charge in [-0.3, -0.25) is 4.99 Å². The summed E-state index contributed by atoms with van der Waals surface area (Å²) in [6, 6.07) is 0. The van der Waals surface area contributed by atoms with E-state index in [1.807, 2.05) is 0 Å². The van der Waals surface area contributed by atoms with E-state index in [0.717, 1.165) is 0 Å². The highest BCUT2D eigenvalue weighted by Gasteiger charge is 2.21. The summed E-state index contributed by atoms with van der Waals surface area (Å²) in [5.41, 5.74) is 0. The molecule has 1 unspecified atom stereocenters. The lowest BCUT2D eigenvalue weighted by Gasteiger charge is -2.16. The molecule has 0 bridgehead atoms. The Labute approximate surface area is 57.6 Å². The molecule has 5 heteroatoms. The molecular weight excluding hydrogens is 136 g/mol. The summed E-state index contributed by atoms with van der Waals surface area (Å²) in [6.07, 6.45) is -0.0926. The maximum atomic E-state index is 10.1. The minimum Gasteiger partial charge on any atom is -0.478 e. The smallest absolute Gasteiger partial charge is 0.354 e. The molecule has 0 aliphatic carbocycles. The molecule has 1 aliphatic heterocycles. The Morgan fingerprint density at radius 2 is 2.50 bits per heavy atom. The van der Waals surface area contributed by atoms with Crippen molar-refractivity contribution in [3.05, 3.63) is 0 Å². The third kappa shape index (κ3) is 1.24. The van der Waals surface area contributed by atoms with E-state index < -0.39 is 12.2 Å². The number of nitrogens with zero attached hydrogens (tertiary/aromatic N) is 2. The Hall–Kier alpha value is -1.10. The Kier molecular flexibility index (Phi) is 1.86. The molecule has 0 amide bonds. The normalized spacial score (nSPS) is 19.5. The third-order valence-electron chi connectivity index (χ3n) is 1.25. The van der Waals surface area contributed by atoms with Gasteiger partial charge < -0.3 is 15.1 Å². The lowest BCUT2D eigenvalue weighted by atomic mass is 10.5. The van der Waals surface area contributed by atoms with Crippen LogP contribution in [0.25, 0.3) is 0 Å². The Balaban J connectivity index is 2.48. The molecule has 0 aromatic rings. The van der Waals surface area contributed by atoms with Crippen LogP contribution in [-0.2, 0) is 4.79 Å². The number of carboxylic acids is 1. The fourth-order valence-electron chi connectivity index (χ4n) is 0.721. The summed E-state index contributed by atoms with van der Waals surface area (Å²) in [7, 11) is 0. The fourth-order valence-corrected chi connectivity index (χ4v) is 0.721. The SMILES string of the molecule is O=C(O)C(O)N1C=NCC1. The topological polar surface area (TPSA) is 73.1 Å². The first-order valence-corrected chi connectivity index (χ1v) is 2.88. The summed E-state index contributed by atoms with van der Waals surface area (Å²) in [5, 5.41) is 17.2. The number of aliphatic imine (C=N–C) groups is 1. The molecule has 0 spiro atoms. The van der Waals surface area contributed by atoms with E-state index in [1.54, 1.807) is 0 Å². The number of carboxylic acid groups (broad SMARTS) is 1. The Bertz CT molecular complexity index is 168. The van der Waals surface area contributed by atoms with E-state index in [1.165, 1.54) is 11.2 Å². The molecule has 0 aromatic carbocycles. The summed E-state index contributed by atoms with van der Waals surface area (Å²) >= 11 is 0. The lowest BCUT2D eigenvalue weighted by Crippen LogP contribution is -2.38. The zero-order valence-electron chi connectivity index (χ0n) is 5.27. The van der Waals surface area contributed by atoms with Crippen LogP contribution in [0.1, 0.15) is 0 Å². The Morgan fingerprint density at radius 3 is 2.90 bits per heavy atom. The molecular formula is C5H8N2O3. The van der Waals surface area contributed by atoms with Gasteiger partial charge in [0.25, 0.3) is 0 Å². The molecule has 1 aliphatic rings. The van der Waals surface area contributed by atoms with Crippen LogP contribution in [0, 0.1) is 0 Å². The van der Waals surface area contributed by atoms with Crippen LogP contribution in [0.2, 0.25) is 0 Å². The fraction of sp³-hybridized carbons (Fsp3) is 0.600. The van der Waals surface area contributed by atoms with Crippen LogP contribution >= 0.6 is 0 Å². The van der Waals surface area contributed by atoms with Gasteiger partial charge in [0, 0.05) is 6.54 Å². The van der Waals surface area contributed by atoms with Crippen molar-refractivity contribution in [2.45, 2.75) is 6.23 Å².